The van der Waals surface area contributed by atoms with Crippen LogP contribution in [0.2, 0.25) is 5.02 Å². The van der Waals surface area contributed by atoms with Crippen molar-refractivity contribution in [3.8, 4) is 34.4 Å². The zero-order valence-corrected chi connectivity index (χ0v) is 32.5. The molecule has 286 valence electrons. The summed E-state index contributed by atoms with van der Waals surface area (Å²) in [6.07, 6.45) is 8.28. The second kappa shape index (κ2) is 18.9. The van der Waals surface area contributed by atoms with Crippen molar-refractivity contribution in [2.45, 2.75) is 84.8 Å². The van der Waals surface area contributed by atoms with E-state index in [9.17, 15) is 15.5 Å². The third kappa shape index (κ3) is 10.1. The number of aromatic nitrogens is 1. The van der Waals surface area contributed by atoms with Gasteiger partial charge in [-0.1, -0.05) is 48.4 Å². The molecule has 0 amide bonds. The summed E-state index contributed by atoms with van der Waals surface area (Å²) in [6, 6.07) is 20.8. The molecule has 4 aromatic rings. The van der Waals surface area contributed by atoms with Gasteiger partial charge < -0.3 is 29.3 Å². The molecule has 6 rings (SSSR count). The third-order valence-electron chi connectivity index (χ3n) is 10.9. The van der Waals surface area contributed by atoms with Gasteiger partial charge in [-0.3, -0.25) is 9.88 Å². The highest BCUT2D eigenvalue weighted by Gasteiger charge is 2.24. The first kappa shape index (κ1) is 39.5. The zero-order valence-electron chi connectivity index (χ0n) is 31.8. The summed E-state index contributed by atoms with van der Waals surface area (Å²) in [4.78, 5) is 8.90. The molecule has 0 aliphatic carbocycles. The fourth-order valence-corrected chi connectivity index (χ4v) is 7.95. The minimum atomic E-state index is -0.710. The molecule has 0 radical (unpaired) electrons. The van der Waals surface area contributed by atoms with Crippen LogP contribution in [0.3, 0.4) is 0 Å². The van der Waals surface area contributed by atoms with E-state index in [0.29, 0.717) is 53.8 Å². The number of benzene rings is 3. The smallest absolute Gasteiger partial charge is 0.142 e. The number of piperidine rings is 2. The molecule has 1 aromatic heterocycles. The predicted octanol–water partition coefficient (Wildman–Crippen LogP) is 7.87. The van der Waals surface area contributed by atoms with E-state index >= 15 is 0 Å². The molecule has 9 nitrogen and oxygen atoms in total. The summed E-state index contributed by atoms with van der Waals surface area (Å²) in [5.41, 5.74) is 7.80. The molecular formula is C44H53ClN4O5. The Morgan fingerprint density at radius 2 is 1.69 bits per heavy atom. The normalized spacial score (nSPS) is 18.5. The molecule has 0 bridgehead atoms. The van der Waals surface area contributed by atoms with Gasteiger partial charge in [0.05, 0.1) is 29.9 Å². The average Bonchev–Trinajstić information content (AvgIpc) is 3.18. The van der Waals surface area contributed by atoms with Crippen LogP contribution in [-0.4, -0.2) is 76.5 Å². The summed E-state index contributed by atoms with van der Waals surface area (Å²) in [5, 5.41) is 29.1. The Balaban J connectivity index is 1.17. The van der Waals surface area contributed by atoms with Crippen molar-refractivity contribution in [3.05, 3.63) is 105 Å². The fourth-order valence-electron chi connectivity index (χ4n) is 7.71. The molecule has 10 heteroatoms. The Kier molecular flexibility index (Phi) is 13.9. The minimum absolute atomic E-state index is 0.217. The van der Waals surface area contributed by atoms with Crippen molar-refractivity contribution in [3.63, 3.8) is 0 Å². The minimum Gasteiger partial charge on any atom is -0.493 e. The van der Waals surface area contributed by atoms with Gasteiger partial charge in [0.15, 0.2) is 0 Å². The highest BCUT2D eigenvalue weighted by Crippen LogP contribution is 2.37. The van der Waals surface area contributed by atoms with E-state index in [-0.39, 0.29) is 13.2 Å². The lowest BCUT2D eigenvalue weighted by molar-refractivity contribution is 0.0386. The summed E-state index contributed by atoms with van der Waals surface area (Å²) in [6.45, 7) is 11.5. The van der Waals surface area contributed by atoms with Gasteiger partial charge in [0.1, 0.15) is 36.5 Å². The molecule has 3 aromatic carbocycles. The van der Waals surface area contributed by atoms with Crippen LogP contribution in [0.1, 0.15) is 72.4 Å². The zero-order chi connectivity index (χ0) is 38.0. The van der Waals surface area contributed by atoms with E-state index < -0.39 is 6.10 Å². The average molecular weight is 753 g/mol. The van der Waals surface area contributed by atoms with Gasteiger partial charge in [-0.15, -0.1) is 0 Å². The summed E-state index contributed by atoms with van der Waals surface area (Å²) < 4.78 is 19.3. The van der Waals surface area contributed by atoms with Crippen LogP contribution in [0.25, 0.3) is 11.1 Å². The monoisotopic (exact) mass is 752 g/mol. The van der Waals surface area contributed by atoms with Crippen LogP contribution < -0.4 is 14.2 Å². The Morgan fingerprint density at radius 3 is 2.48 bits per heavy atom. The molecule has 0 saturated carbocycles. The van der Waals surface area contributed by atoms with E-state index in [2.05, 4.69) is 65.9 Å². The number of halogens is 1. The molecule has 3 atom stereocenters. The van der Waals surface area contributed by atoms with E-state index in [4.69, 9.17) is 25.8 Å². The maximum Gasteiger partial charge on any atom is 0.142 e. The van der Waals surface area contributed by atoms with Crippen molar-refractivity contribution in [2.75, 3.05) is 39.4 Å². The van der Waals surface area contributed by atoms with Gasteiger partial charge in [0.2, 0.25) is 0 Å². The molecular weight excluding hydrogens is 700 g/mol. The van der Waals surface area contributed by atoms with Gasteiger partial charge in [-0.05, 0) is 106 Å². The van der Waals surface area contributed by atoms with Crippen LogP contribution in [-0.2, 0) is 19.8 Å². The summed E-state index contributed by atoms with van der Waals surface area (Å²) >= 11 is 6.92. The number of pyridine rings is 1. The first-order valence-electron chi connectivity index (χ1n) is 19.2. The SMILES string of the molecule is Cc1c(COc2cc(OCc3cncc(C#N)c3)c(CN3CCCC[C@H]3C)cc2Cl)cccc1-c1cccc(OC[C@@H]2CCCN(CC(O)CO)C2)c1C. The van der Waals surface area contributed by atoms with Crippen molar-refractivity contribution >= 4 is 11.6 Å². The maximum atomic E-state index is 9.92. The Labute approximate surface area is 325 Å². The quantitative estimate of drug-likeness (QED) is 0.125. The van der Waals surface area contributed by atoms with Crippen LogP contribution >= 0.6 is 11.6 Å². The maximum absolute atomic E-state index is 9.92. The van der Waals surface area contributed by atoms with E-state index in [0.717, 1.165) is 83.7 Å². The van der Waals surface area contributed by atoms with E-state index in [1.54, 1.807) is 18.5 Å². The van der Waals surface area contributed by atoms with Crippen molar-refractivity contribution in [1.82, 2.24) is 14.8 Å². The highest BCUT2D eigenvalue weighted by atomic mass is 35.5. The number of likely N-dealkylation sites (tertiary alicyclic amines) is 2. The van der Waals surface area contributed by atoms with Crippen molar-refractivity contribution in [1.29, 1.82) is 5.26 Å². The first-order chi connectivity index (χ1) is 26.2. The number of ether oxygens (including phenoxy) is 3. The molecule has 1 unspecified atom stereocenters. The fraction of sp³-hybridized carbons (Fsp3) is 0.455. The van der Waals surface area contributed by atoms with Crippen LogP contribution in [0.15, 0.2) is 67.0 Å². The molecule has 2 N–H and O–H groups in total. The largest absolute Gasteiger partial charge is 0.493 e. The lowest BCUT2D eigenvalue weighted by Gasteiger charge is -2.33. The number of aliphatic hydroxyl groups excluding tert-OH is 2. The number of hydrogen-bond acceptors (Lipinski definition) is 9. The van der Waals surface area contributed by atoms with Crippen molar-refractivity contribution in [2.24, 2.45) is 5.92 Å². The second-order valence-electron chi connectivity index (χ2n) is 14.9. The van der Waals surface area contributed by atoms with Gasteiger partial charge in [0, 0.05) is 61.2 Å². The second-order valence-corrected chi connectivity index (χ2v) is 15.3. The lowest BCUT2D eigenvalue weighted by atomic mass is 9.93. The van der Waals surface area contributed by atoms with E-state index in [1.807, 2.05) is 24.3 Å². The first-order valence-corrected chi connectivity index (χ1v) is 19.6. The van der Waals surface area contributed by atoms with Crippen LogP contribution in [0.4, 0.5) is 0 Å². The number of nitrogens with zero attached hydrogens (tertiary/aromatic N) is 4. The summed E-state index contributed by atoms with van der Waals surface area (Å²) in [7, 11) is 0. The number of β-amino-alcohol motifs (C(OH)–C–C–N with tert-alkyl or cyclic N) is 1. The van der Waals surface area contributed by atoms with E-state index in [1.165, 1.54) is 19.3 Å². The molecule has 3 heterocycles. The molecule has 54 heavy (non-hydrogen) atoms. The molecule has 2 aliphatic heterocycles. The molecule has 2 aliphatic rings. The molecule has 0 spiro atoms. The number of aliphatic hydroxyl groups is 2. The van der Waals surface area contributed by atoms with Crippen LogP contribution in [0, 0.1) is 31.1 Å². The highest BCUT2D eigenvalue weighted by molar-refractivity contribution is 6.32. The lowest BCUT2D eigenvalue weighted by Crippen LogP contribution is -2.42. The molecule has 2 saturated heterocycles. The third-order valence-corrected chi connectivity index (χ3v) is 11.2. The van der Waals surface area contributed by atoms with Gasteiger partial charge >= 0.3 is 0 Å². The predicted molar refractivity (Wildman–Crippen MR) is 212 cm³/mol. The van der Waals surface area contributed by atoms with Gasteiger partial charge in [0.25, 0.3) is 0 Å². The number of rotatable bonds is 15. The standard InChI is InChI=1S/C44H53ClN4O5/c1-30-9-4-5-16-49(30)24-37-18-41(45)44(19-43(37)53-28-35-17-34(20-46)21-47-22-35)54-29-36-11-6-12-39(31(36)2)40-13-7-14-42(32(40)3)52-27-33-10-8-15-48(23-33)25-38(51)26-50/h6-7,11-14,17-19,21-22,30,33,38,50-51H,4-5,8-10,15-16,23-29H2,1-3H3/t30-,33-,38?/m1/s1. The van der Waals surface area contributed by atoms with Gasteiger partial charge in [-0.25, -0.2) is 0 Å². The topological polar surface area (TPSA) is 111 Å². The summed E-state index contributed by atoms with van der Waals surface area (Å²) in [5.74, 6) is 2.49. The Morgan fingerprint density at radius 1 is 0.889 bits per heavy atom. The number of hydrogen-bond donors (Lipinski definition) is 2. The Hall–Kier alpha value is -4.17. The Bertz CT molecular complexity index is 1910. The van der Waals surface area contributed by atoms with Gasteiger partial charge in [-0.2, -0.15) is 5.26 Å². The van der Waals surface area contributed by atoms with Crippen LogP contribution in [0.5, 0.6) is 17.2 Å². The number of nitriles is 1. The van der Waals surface area contributed by atoms with Crippen molar-refractivity contribution < 1.29 is 24.4 Å². The molecule has 2 fully saturated rings.